The summed E-state index contributed by atoms with van der Waals surface area (Å²) >= 11 is 0. The Labute approximate surface area is 97.9 Å². The number of Topliss-reactive ketones (excluding diaryl/α,β-unsaturated/α-hetero) is 1. The lowest BCUT2D eigenvalue weighted by molar-refractivity contribution is -0.137. The van der Waals surface area contributed by atoms with Crippen LogP contribution in [-0.4, -0.2) is 10.8 Å². The zero-order valence-corrected chi connectivity index (χ0v) is 9.93. The fourth-order valence-corrected chi connectivity index (χ4v) is 1.24. The summed E-state index contributed by atoms with van der Waals surface area (Å²) in [5, 5.41) is 0. The van der Waals surface area contributed by atoms with Gasteiger partial charge in [0.25, 0.3) is 0 Å². The minimum atomic E-state index is -4.45. The van der Waals surface area contributed by atoms with Gasteiger partial charge >= 0.3 is 6.18 Å². The average Bonchev–Trinajstić information content (AvgIpc) is 2.27. The van der Waals surface area contributed by atoms with E-state index in [-0.39, 0.29) is 11.5 Å². The molecule has 0 aliphatic rings. The average molecular weight is 245 g/mol. The van der Waals surface area contributed by atoms with Gasteiger partial charge in [-0.15, -0.1) is 0 Å². The van der Waals surface area contributed by atoms with E-state index < -0.39 is 17.2 Å². The predicted molar refractivity (Wildman–Crippen MR) is 57.6 cm³/mol. The number of nitrogens with zero attached hydrogens (tertiary/aromatic N) is 1. The van der Waals surface area contributed by atoms with E-state index in [1.54, 1.807) is 13.8 Å². The Hall–Kier alpha value is -1.39. The van der Waals surface area contributed by atoms with Crippen molar-refractivity contribution in [3.05, 3.63) is 29.6 Å². The van der Waals surface area contributed by atoms with Crippen LogP contribution in [0.5, 0.6) is 0 Å². The first-order valence-corrected chi connectivity index (χ1v) is 5.26. The van der Waals surface area contributed by atoms with Gasteiger partial charge in [-0.3, -0.25) is 9.78 Å². The van der Waals surface area contributed by atoms with Crippen LogP contribution in [0.1, 0.15) is 43.2 Å². The standard InChI is InChI=1S/C12H14F3NO/c1-4-11(2,3)10(17)9-7-8(5-6-16-9)12(13,14)15/h5-7H,4H2,1-3H3. The minimum Gasteiger partial charge on any atom is -0.292 e. The van der Waals surface area contributed by atoms with Crippen molar-refractivity contribution in [2.45, 2.75) is 33.4 Å². The Morgan fingerprint density at radius 2 is 1.94 bits per heavy atom. The molecule has 0 aromatic carbocycles. The van der Waals surface area contributed by atoms with E-state index in [0.717, 1.165) is 18.3 Å². The number of hydrogen-bond acceptors (Lipinski definition) is 2. The number of pyridine rings is 1. The summed E-state index contributed by atoms with van der Waals surface area (Å²) in [5.41, 5.74) is -1.67. The quantitative estimate of drug-likeness (QED) is 0.759. The number of hydrogen-bond donors (Lipinski definition) is 0. The van der Waals surface area contributed by atoms with Gasteiger partial charge in [-0.25, -0.2) is 0 Å². The molecule has 2 nitrogen and oxygen atoms in total. The predicted octanol–water partition coefficient (Wildman–Crippen LogP) is 3.72. The highest BCUT2D eigenvalue weighted by molar-refractivity contribution is 5.98. The summed E-state index contributed by atoms with van der Waals surface area (Å²) in [6.07, 6.45) is -2.89. The van der Waals surface area contributed by atoms with E-state index in [1.807, 2.05) is 6.92 Å². The van der Waals surface area contributed by atoms with Gasteiger partial charge in [0.15, 0.2) is 5.78 Å². The second-order valence-electron chi connectivity index (χ2n) is 4.49. The third-order valence-corrected chi connectivity index (χ3v) is 2.82. The number of alkyl halides is 3. The summed E-state index contributed by atoms with van der Waals surface area (Å²) in [5.74, 6) is -0.369. The maximum absolute atomic E-state index is 12.5. The van der Waals surface area contributed by atoms with Crippen LogP contribution < -0.4 is 0 Å². The molecule has 17 heavy (non-hydrogen) atoms. The number of rotatable bonds is 3. The zero-order valence-electron chi connectivity index (χ0n) is 9.93. The van der Waals surface area contributed by atoms with Gasteiger partial charge in [0.2, 0.25) is 0 Å². The Bertz CT molecular complexity index is 424. The molecule has 0 unspecified atom stereocenters. The summed E-state index contributed by atoms with van der Waals surface area (Å²) in [6.45, 7) is 5.19. The second-order valence-corrected chi connectivity index (χ2v) is 4.49. The Morgan fingerprint density at radius 3 is 2.41 bits per heavy atom. The number of halogens is 3. The van der Waals surface area contributed by atoms with Gasteiger partial charge in [0.05, 0.1) is 5.56 Å². The van der Waals surface area contributed by atoms with Crippen LogP contribution in [-0.2, 0) is 6.18 Å². The Balaban J connectivity index is 3.13. The monoisotopic (exact) mass is 245 g/mol. The van der Waals surface area contributed by atoms with E-state index in [9.17, 15) is 18.0 Å². The van der Waals surface area contributed by atoms with Gasteiger partial charge < -0.3 is 0 Å². The summed E-state index contributed by atoms with van der Waals surface area (Å²) < 4.78 is 37.4. The molecule has 1 aromatic heterocycles. The summed E-state index contributed by atoms with van der Waals surface area (Å²) in [7, 11) is 0. The molecule has 0 aliphatic heterocycles. The van der Waals surface area contributed by atoms with E-state index in [2.05, 4.69) is 4.98 Å². The smallest absolute Gasteiger partial charge is 0.292 e. The van der Waals surface area contributed by atoms with Crippen LogP contribution in [0.2, 0.25) is 0 Å². The molecule has 0 aliphatic carbocycles. The fourth-order valence-electron chi connectivity index (χ4n) is 1.24. The number of ketones is 1. The van der Waals surface area contributed by atoms with Crippen molar-refractivity contribution in [3.8, 4) is 0 Å². The molecule has 0 amide bonds. The SMILES string of the molecule is CCC(C)(C)C(=O)c1cc(C(F)(F)F)ccn1. The van der Waals surface area contributed by atoms with Crippen LogP contribution in [0.3, 0.4) is 0 Å². The van der Waals surface area contributed by atoms with Gasteiger partial charge in [-0.1, -0.05) is 20.8 Å². The zero-order chi connectivity index (χ0) is 13.3. The van der Waals surface area contributed by atoms with Crippen LogP contribution >= 0.6 is 0 Å². The number of carbonyl (C=O) groups excluding carboxylic acids is 1. The van der Waals surface area contributed by atoms with Gasteiger partial charge in [-0.2, -0.15) is 13.2 Å². The molecule has 0 atom stereocenters. The molecule has 1 rings (SSSR count). The molecule has 0 saturated heterocycles. The maximum atomic E-state index is 12.5. The summed E-state index contributed by atoms with van der Waals surface area (Å²) in [4.78, 5) is 15.7. The van der Waals surface area contributed by atoms with Crippen LogP contribution in [0.4, 0.5) is 13.2 Å². The topological polar surface area (TPSA) is 30.0 Å². The molecule has 94 valence electrons. The second kappa shape index (κ2) is 4.47. The van der Waals surface area contributed by atoms with E-state index in [0.29, 0.717) is 6.42 Å². The van der Waals surface area contributed by atoms with E-state index >= 15 is 0 Å². The van der Waals surface area contributed by atoms with Crippen molar-refractivity contribution in [1.29, 1.82) is 0 Å². The maximum Gasteiger partial charge on any atom is 0.416 e. The first-order valence-electron chi connectivity index (χ1n) is 5.26. The lowest BCUT2D eigenvalue weighted by Crippen LogP contribution is -2.24. The molecule has 1 heterocycles. The highest BCUT2D eigenvalue weighted by Gasteiger charge is 2.33. The van der Waals surface area contributed by atoms with Crippen LogP contribution in [0.15, 0.2) is 18.3 Å². The van der Waals surface area contributed by atoms with Crippen molar-refractivity contribution >= 4 is 5.78 Å². The van der Waals surface area contributed by atoms with Gasteiger partial charge in [0.1, 0.15) is 5.69 Å². The van der Waals surface area contributed by atoms with Crippen molar-refractivity contribution in [3.63, 3.8) is 0 Å². The molecule has 0 spiro atoms. The molecular formula is C12H14F3NO. The molecule has 5 heteroatoms. The highest BCUT2D eigenvalue weighted by Crippen LogP contribution is 2.31. The van der Waals surface area contributed by atoms with Gasteiger partial charge in [-0.05, 0) is 18.6 Å². The first-order chi connectivity index (χ1) is 7.68. The molecule has 0 bridgehead atoms. The summed E-state index contributed by atoms with van der Waals surface area (Å²) in [6, 6.07) is 1.66. The highest BCUT2D eigenvalue weighted by atomic mass is 19.4. The van der Waals surface area contributed by atoms with Crippen LogP contribution in [0.25, 0.3) is 0 Å². The number of carbonyl (C=O) groups is 1. The lowest BCUT2D eigenvalue weighted by atomic mass is 9.83. The third kappa shape index (κ3) is 3.05. The van der Waals surface area contributed by atoms with Gasteiger partial charge in [0, 0.05) is 11.6 Å². The Morgan fingerprint density at radius 1 is 1.35 bits per heavy atom. The number of aromatic nitrogens is 1. The van der Waals surface area contributed by atoms with Crippen molar-refractivity contribution in [2.24, 2.45) is 5.41 Å². The third-order valence-electron chi connectivity index (χ3n) is 2.82. The van der Waals surface area contributed by atoms with Crippen molar-refractivity contribution in [1.82, 2.24) is 4.98 Å². The van der Waals surface area contributed by atoms with Crippen LogP contribution in [0, 0.1) is 5.41 Å². The largest absolute Gasteiger partial charge is 0.416 e. The van der Waals surface area contributed by atoms with Crippen molar-refractivity contribution < 1.29 is 18.0 Å². The first kappa shape index (κ1) is 13.7. The molecule has 1 aromatic rings. The van der Waals surface area contributed by atoms with Crippen molar-refractivity contribution in [2.75, 3.05) is 0 Å². The molecule has 0 N–H and O–H groups in total. The lowest BCUT2D eigenvalue weighted by Gasteiger charge is -2.20. The van der Waals surface area contributed by atoms with E-state index in [1.165, 1.54) is 0 Å². The normalized spacial score (nSPS) is 12.6. The van der Waals surface area contributed by atoms with E-state index in [4.69, 9.17) is 0 Å². The molecule has 0 radical (unpaired) electrons. The molecular weight excluding hydrogens is 231 g/mol. The molecule has 0 fully saturated rings. The fraction of sp³-hybridized carbons (Fsp3) is 0.500. The molecule has 0 saturated carbocycles. The Kier molecular flexibility index (Phi) is 3.59. The minimum absolute atomic E-state index is 0.133.